The van der Waals surface area contributed by atoms with E-state index in [9.17, 15) is 4.79 Å². The average Bonchev–Trinajstić information content (AvgIpc) is 2.37. The van der Waals surface area contributed by atoms with E-state index in [0.29, 0.717) is 5.56 Å². The van der Waals surface area contributed by atoms with E-state index in [4.69, 9.17) is 0 Å². The number of rotatable bonds is 1. The fourth-order valence-electron chi connectivity index (χ4n) is 2.09. The van der Waals surface area contributed by atoms with E-state index in [2.05, 4.69) is 17.6 Å². The maximum atomic E-state index is 11.5. The molecule has 0 aliphatic rings. The molecule has 3 heteroatoms. The second-order valence-corrected chi connectivity index (χ2v) is 4.26. The van der Waals surface area contributed by atoms with Crippen LogP contribution in [0.25, 0.3) is 21.7 Å². The van der Waals surface area contributed by atoms with E-state index in [1.807, 2.05) is 42.6 Å². The van der Waals surface area contributed by atoms with Crippen LogP contribution in [-0.4, -0.2) is 10.1 Å². The average molecular weight is 239 g/mol. The van der Waals surface area contributed by atoms with Crippen molar-refractivity contribution in [1.82, 2.24) is 4.98 Å². The molecule has 0 amide bonds. The van der Waals surface area contributed by atoms with E-state index in [0.717, 1.165) is 21.7 Å². The zero-order valence-corrected chi connectivity index (χ0v) is 9.82. The van der Waals surface area contributed by atoms with Crippen LogP contribution in [0.15, 0.2) is 48.7 Å². The van der Waals surface area contributed by atoms with Crippen molar-refractivity contribution in [3.63, 3.8) is 0 Å². The molecule has 0 spiro atoms. The first-order valence-corrected chi connectivity index (χ1v) is 5.72. The SMILES string of the molecule is O=C(S)c1cccc2ncc3ccccc3c12. The normalized spacial score (nSPS) is 10.9. The van der Waals surface area contributed by atoms with Gasteiger partial charge in [0.05, 0.1) is 5.52 Å². The summed E-state index contributed by atoms with van der Waals surface area (Å²) in [6.45, 7) is 0. The molecule has 17 heavy (non-hydrogen) atoms. The van der Waals surface area contributed by atoms with Gasteiger partial charge in [-0.05, 0) is 17.5 Å². The molecule has 0 unspecified atom stereocenters. The van der Waals surface area contributed by atoms with E-state index < -0.39 is 0 Å². The molecule has 0 radical (unpaired) electrons. The Kier molecular flexibility index (Phi) is 2.34. The monoisotopic (exact) mass is 239 g/mol. The highest BCUT2D eigenvalue weighted by Gasteiger charge is 2.09. The third-order valence-electron chi connectivity index (χ3n) is 2.85. The molecule has 0 atom stereocenters. The Labute approximate surface area is 104 Å². The minimum atomic E-state index is -0.228. The quantitative estimate of drug-likeness (QED) is 0.520. The third-order valence-corrected chi connectivity index (χ3v) is 3.09. The second kappa shape index (κ2) is 3.86. The van der Waals surface area contributed by atoms with Crippen LogP contribution in [0.2, 0.25) is 0 Å². The molecule has 0 aliphatic carbocycles. The minimum Gasteiger partial charge on any atom is -0.282 e. The molecule has 82 valence electrons. The van der Waals surface area contributed by atoms with E-state index >= 15 is 0 Å². The molecule has 2 aromatic carbocycles. The van der Waals surface area contributed by atoms with Crippen molar-refractivity contribution in [1.29, 1.82) is 0 Å². The first-order chi connectivity index (χ1) is 8.27. The van der Waals surface area contributed by atoms with Crippen molar-refractivity contribution in [3.05, 3.63) is 54.2 Å². The Morgan fingerprint density at radius 1 is 1.06 bits per heavy atom. The highest BCUT2D eigenvalue weighted by molar-refractivity contribution is 7.97. The summed E-state index contributed by atoms with van der Waals surface area (Å²) in [5, 5.41) is 2.72. The molecule has 3 rings (SSSR count). The van der Waals surface area contributed by atoms with Crippen molar-refractivity contribution >= 4 is 39.4 Å². The summed E-state index contributed by atoms with van der Waals surface area (Å²) in [7, 11) is 0. The molecule has 0 saturated heterocycles. The molecule has 2 nitrogen and oxygen atoms in total. The smallest absolute Gasteiger partial charge is 0.217 e. The number of nitrogens with zero attached hydrogens (tertiary/aromatic N) is 1. The van der Waals surface area contributed by atoms with Gasteiger partial charge in [-0.15, -0.1) is 12.6 Å². The fraction of sp³-hybridized carbons (Fsp3) is 0. The number of benzene rings is 2. The Morgan fingerprint density at radius 3 is 2.71 bits per heavy atom. The summed E-state index contributed by atoms with van der Waals surface area (Å²) in [6.07, 6.45) is 1.82. The van der Waals surface area contributed by atoms with Gasteiger partial charge in [-0.2, -0.15) is 0 Å². The molecule has 0 N–H and O–H groups in total. The second-order valence-electron chi connectivity index (χ2n) is 3.85. The molecule has 0 bridgehead atoms. The Balaban J connectivity index is 2.59. The number of fused-ring (bicyclic) bond motifs is 3. The number of carbonyl (C=O) groups is 1. The number of pyridine rings is 1. The van der Waals surface area contributed by atoms with E-state index in [-0.39, 0.29) is 5.12 Å². The third kappa shape index (κ3) is 1.59. The molecular weight excluding hydrogens is 230 g/mol. The number of aromatic nitrogens is 1. The maximum Gasteiger partial charge on any atom is 0.217 e. The predicted octanol–water partition coefficient (Wildman–Crippen LogP) is 3.46. The van der Waals surface area contributed by atoms with Gasteiger partial charge >= 0.3 is 0 Å². The van der Waals surface area contributed by atoms with Crippen molar-refractivity contribution in [3.8, 4) is 0 Å². The van der Waals surface area contributed by atoms with Crippen LogP contribution in [0.3, 0.4) is 0 Å². The van der Waals surface area contributed by atoms with Gasteiger partial charge in [-0.3, -0.25) is 9.78 Å². The lowest BCUT2D eigenvalue weighted by molar-refractivity contribution is 0.109. The van der Waals surface area contributed by atoms with Crippen molar-refractivity contribution < 1.29 is 4.79 Å². The van der Waals surface area contributed by atoms with Gasteiger partial charge in [-0.25, -0.2) is 0 Å². The molecule has 0 saturated carbocycles. The maximum absolute atomic E-state index is 11.5. The van der Waals surface area contributed by atoms with Gasteiger partial charge in [-0.1, -0.05) is 30.3 Å². The molecule has 0 fully saturated rings. The molecule has 1 aromatic heterocycles. The number of hydrogen-bond donors (Lipinski definition) is 1. The summed E-state index contributed by atoms with van der Waals surface area (Å²) in [4.78, 5) is 15.9. The van der Waals surface area contributed by atoms with Crippen molar-refractivity contribution in [2.24, 2.45) is 0 Å². The van der Waals surface area contributed by atoms with Gasteiger partial charge in [0.15, 0.2) is 0 Å². The van der Waals surface area contributed by atoms with Crippen LogP contribution in [0.4, 0.5) is 0 Å². The van der Waals surface area contributed by atoms with Crippen LogP contribution in [0.5, 0.6) is 0 Å². The molecule has 1 heterocycles. The standard InChI is InChI=1S/C14H9NOS/c16-14(17)11-6-3-7-12-13(11)10-5-2-1-4-9(10)8-15-12/h1-8H,(H,16,17). The van der Waals surface area contributed by atoms with Gasteiger partial charge < -0.3 is 0 Å². The largest absolute Gasteiger partial charge is 0.282 e. The predicted molar refractivity (Wildman–Crippen MR) is 72.6 cm³/mol. The highest BCUT2D eigenvalue weighted by atomic mass is 32.1. The Bertz CT molecular complexity index is 736. The van der Waals surface area contributed by atoms with E-state index in [1.165, 1.54) is 0 Å². The number of carbonyl (C=O) groups excluding carboxylic acids is 1. The Morgan fingerprint density at radius 2 is 1.88 bits per heavy atom. The van der Waals surface area contributed by atoms with Gasteiger partial charge in [0.1, 0.15) is 0 Å². The number of hydrogen-bond acceptors (Lipinski definition) is 2. The zero-order valence-electron chi connectivity index (χ0n) is 8.92. The first-order valence-electron chi connectivity index (χ1n) is 5.27. The van der Waals surface area contributed by atoms with E-state index in [1.54, 1.807) is 6.07 Å². The van der Waals surface area contributed by atoms with Gasteiger partial charge in [0, 0.05) is 22.5 Å². The highest BCUT2D eigenvalue weighted by Crippen LogP contribution is 2.27. The van der Waals surface area contributed by atoms with Crippen LogP contribution in [0, 0.1) is 0 Å². The number of thiol groups is 1. The summed E-state index contributed by atoms with van der Waals surface area (Å²) >= 11 is 3.92. The molecule has 3 aromatic rings. The van der Waals surface area contributed by atoms with Crippen molar-refractivity contribution in [2.45, 2.75) is 0 Å². The fourth-order valence-corrected chi connectivity index (χ4v) is 2.27. The summed E-state index contributed by atoms with van der Waals surface area (Å²) in [6, 6.07) is 13.4. The lowest BCUT2D eigenvalue weighted by Gasteiger charge is -2.06. The summed E-state index contributed by atoms with van der Waals surface area (Å²) < 4.78 is 0. The van der Waals surface area contributed by atoms with Gasteiger partial charge in [0.2, 0.25) is 5.12 Å². The molecular formula is C14H9NOS. The first kappa shape index (κ1) is 10.3. The summed E-state index contributed by atoms with van der Waals surface area (Å²) in [5.41, 5.74) is 1.43. The topological polar surface area (TPSA) is 30.0 Å². The zero-order chi connectivity index (χ0) is 11.8. The van der Waals surface area contributed by atoms with Gasteiger partial charge in [0.25, 0.3) is 0 Å². The lowest BCUT2D eigenvalue weighted by atomic mass is 10.0. The summed E-state index contributed by atoms with van der Waals surface area (Å²) in [5.74, 6) is 0. The van der Waals surface area contributed by atoms with Crippen LogP contribution >= 0.6 is 12.6 Å². The van der Waals surface area contributed by atoms with Crippen LogP contribution in [0.1, 0.15) is 10.4 Å². The Hall–Kier alpha value is -1.87. The van der Waals surface area contributed by atoms with Crippen LogP contribution in [-0.2, 0) is 0 Å². The van der Waals surface area contributed by atoms with Crippen molar-refractivity contribution in [2.75, 3.05) is 0 Å². The van der Waals surface area contributed by atoms with Crippen LogP contribution < -0.4 is 0 Å². The lowest BCUT2D eigenvalue weighted by Crippen LogP contribution is -1.93. The minimum absolute atomic E-state index is 0.228. The molecule has 0 aliphatic heterocycles.